The topological polar surface area (TPSA) is 64.4 Å². The number of carboxylic acids is 1. The van der Waals surface area contributed by atoms with Crippen molar-refractivity contribution in [3.8, 4) is 17.1 Å². The van der Waals surface area contributed by atoms with Crippen LogP contribution in [0.2, 0.25) is 0 Å². The molecule has 0 aliphatic carbocycles. The molecule has 1 N–H and O–H groups in total. The summed E-state index contributed by atoms with van der Waals surface area (Å²) in [5.74, 6) is -0.719. The van der Waals surface area contributed by atoms with Gasteiger partial charge in [0, 0.05) is 17.5 Å². The Balaban J connectivity index is 1.85. The van der Waals surface area contributed by atoms with Crippen LogP contribution in [0.25, 0.3) is 11.4 Å². The van der Waals surface area contributed by atoms with Crippen molar-refractivity contribution < 1.29 is 41.0 Å². The van der Waals surface area contributed by atoms with Gasteiger partial charge in [-0.1, -0.05) is 37.3 Å². The number of imidazole rings is 1. The summed E-state index contributed by atoms with van der Waals surface area (Å²) < 4.78 is 86.6. The molecule has 11 heteroatoms. The van der Waals surface area contributed by atoms with Crippen LogP contribution in [0.4, 0.5) is 26.3 Å². The molecule has 194 valence electrons. The van der Waals surface area contributed by atoms with Gasteiger partial charge in [-0.2, -0.15) is 26.3 Å². The van der Waals surface area contributed by atoms with Gasteiger partial charge in [0.2, 0.25) is 0 Å². The summed E-state index contributed by atoms with van der Waals surface area (Å²) in [5, 5.41) is 8.84. The monoisotopic (exact) mass is 514 g/mol. The maximum absolute atomic E-state index is 13.7. The van der Waals surface area contributed by atoms with Crippen molar-refractivity contribution in [1.82, 2.24) is 9.55 Å². The van der Waals surface area contributed by atoms with Crippen molar-refractivity contribution in [2.24, 2.45) is 5.92 Å². The lowest BCUT2D eigenvalue weighted by molar-refractivity contribution is -0.143. The van der Waals surface area contributed by atoms with Crippen molar-refractivity contribution in [1.29, 1.82) is 0 Å². The van der Waals surface area contributed by atoms with E-state index < -0.39 is 29.6 Å². The minimum Gasteiger partial charge on any atom is -0.493 e. The van der Waals surface area contributed by atoms with Gasteiger partial charge in [0.1, 0.15) is 17.3 Å². The Morgan fingerprint density at radius 2 is 1.69 bits per heavy atom. The summed E-state index contributed by atoms with van der Waals surface area (Å²) in [4.78, 5) is 14.6. The normalized spacial score (nSPS) is 13.0. The highest BCUT2D eigenvalue weighted by Gasteiger charge is 2.36. The molecule has 0 amide bonds. The second-order valence-electron chi connectivity index (χ2n) is 8.43. The zero-order chi connectivity index (χ0) is 26.5. The van der Waals surface area contributed by atoms with Gasteiger partial charge in [-0.15, -0.1) is 0 Å². The Morgan fingerprint density at radius 3 is 2.31 bits per heavy atom. The van der Waals surface area contributed by atoms with Crippen LogP contribution >= 0.6 is 0 Å². The van der Waals surface area contributed by atoms with Gasteiger partial charge < -0.3 is 14.4 Å². The zero-order valence-electron chi connectivity index (χ0n) is 19.2. The Morgan fingerprint density at radius 1 is 1.03 bits per heavy atom. The largest absolute Gasteiger partial charge is 0.493 e. The summed E-state index contributed by atoms with van der Waals surface area (Å²) in [6.45, 7) is 1.77. The van der Waals surface area contributed by atoms with Crippen LogP contribution in [-0.4, -0.2) is 27.2 Å². The van der Waals surface area contributed by atoms with E-state index in [1.807, 2.05) is 6.92 Å². The Kier molecular flexibility index (Phi) is 8.31. The fourth-order valence-electron chi connectivity index (χ4n) is 3.76. The average molecular weight is 514 g/mol. The molecule has 1 atom stereocenters. The van der Waals surface area contributed by atoms with E-state index >= 15 is 0 Å². The Hall–Kier alpha value is -3.50. The number of nitrogens with zero attached hydrogens (tertiary/aromatic N) is 2. The van der Waals surface area contributed by atoms with Gasteiger partial charge in [0.15, 0.2) is 0 Å². The third-order valence-corrected chi connectivity index (χ3v) is 5.54. The molecule has 0 aliphatic rings. The molecule has 0 radical (unpaired) electrons. The number of carboxylic acid groups (broad SMARTS) is 1. The molecule has 1 heterocycles. The average Bonchev–Trinajstić information content (AvgIpc) is 3.21. The maximum Gasteiger partial charge on any atom is 0.433 e. The first-order valence-electron chi connectivity index (χ1n) is 11.1. The fourth-order valence-corrected chi connectivity index (χ4v) is 3.76. The van der Waals surface area contributed by atoms with Crippen LogP contribution in [0.3, 0.4) is 0 Å². The molecular formula is C25H24F6N2O3. The summed E-state index contributed by atoms with van der Waals surface area (Å²) >= 11 is 0. The third-order valence-electron chi connectivity index (χ3n) is 5.54. The predicted octanol–water partition coefficient (Wildman–Crippen LogP) is 6.91. The van der Waals surface area contributed by atoms with E-state index in [4.69, 9.17) is 9.84 Å². The molecule has 3 rings (SSSR count). The molecule has 3 aromatic rings. The maximum atomic E-state index is 13.7. The van der Waals surface area contributed by atoms with Gasteiger partial charge in [0.25, 0.3) is 0 Å². The number of aliphatic carboxylic acids is 1. The van der Waals surface area contributed by atoms with Crippen LogP contribution in [0.1, 0.15) is 43.0 Å². The molecule has 0 spiro atoms. The fraction of sp³-hybridized carbons (Fsp3) is 0.360. The van der Waals surface area contributed by atoms with Crippen molar-refractivity contribution in [2.45, 2.75) is 45.1 Å². The van der Waals surface area contributed by atoms with E-state index in [1.165, 1.54) is 0 Å². The van der Waals surface area contributed by atoms with E-state index in [2.05, 4.69) is 4.98 Å². The van der Waals surface area contributed by atoms with E-state index in [9.17, 15) is 31.1 Å². The van der Waals surface area contributed by atoms with Crippen molar-refractivity contribution in [3.05, 3.63) is 71.5 Å². The first kappa shape index (κ1) is 27.1. The number of alkyl halides is 6. The molecular weight excluding hydrogens is 490 g/mol. The highest BCUT2D eigenvalue weighted by Crippen LogP contribution is 2.35. The number of hydrogen-bond donors (Lipinski definition) is 1. The highest BCUT2D eigenvalue weighted by atomic mass is 19.4. The first-order chi connectivity index (χ1) is 16.9. The molecule has 0 aliphatic heterocycles. The molecule has 0 unspecified atom stereocenters. The van der Waals surface area contributed by atoms with Crippen LogP contribution in [-0.2, 0) is 23.7 Å². The molecule has 0 fully saturated rings. The van der Waals surface area contributed by atoms with Crippen LogP contribution in [0.5, 0.6) is 5.75 Å². The number of carbonyl (C=O) groups is 1. The van der Waals surface area contributed by atoms with Crippen molar-refractivity contribution in [2.75, 3.05) is 6.61 Å². The number of hydrogen-bond acceptors (Lipinski definition) is 3. The van der Waals surface area contributed by atoms with Crippen LogP contribution in [0.15, 0.2) is 54.7 Å². The first-order valence-corrected chi connectivity index (χ1v) is 11.1. The predicted molar refractivity (Wildman–Crippen MR) is 119 cm³/mol. The van der Waals surface area contributed by atoms with E-state index in [-0.39, 0.29) is 36.9 Å². The smallest absolute Gasteiger partial charge is 0.433 e. The van der Waals surface area contributed by atoms with Crippen molar-refractivity contribution in [3.63, 3.8) is 0 Å². The number of para-hydroxylation sites is 1. The van der Waals surface area contributed by atoms with E-state index in [0.29, 0.717) is 30.4 Å². The third kappa shape index (κ3) is 7.02. The van der Waals surface area contributed by atoms with Gasteiger partial charge >= 0.3 is 18.3 Å². The van der Waals surface area contributed by atoms with Gasteiger partial charge in [-0.3, -0.25) is 4.79 Å². The lowest BCUT2D eigenvalue weighted by Gasteiger charge is -2.17. The van der Waals surface area contributed by atoms with Crippen molar-refractivity contribution >= 4 is 5.97 Å². The quantitative estimate of drug-likeness (QED) is 0.236. The number of halogens is 6. The van der Waals surface area contributed by atoms with Crippen LogP contribution < -0.4 is 4.74 Å². The second-order valence-corrected chi connectivity index (χ2v) is 8.43. The molecule has 2 aromatic carbocycles. The standard InChI is InChI=1S/C25H24F6N2O3/c1-16(13-22(34)35)5-4-12-36-20-7-3-2-6-18(20)15-33-21(25(29,30)31)14-32-23(33)17-8-10-19(11-9-17)24(26,27)28/h2-3,6-11,14,16H,4-5,12-13,15H2,1H3,(H,34,35)/t16-/m1/s1. The van der Waals surface area contributed by atoms with Gasteiger partial charge in [-0.25, -0.2) is 4.98 Å². The Labute approximate surface area is 203 Å². The summed E-state index contributed by atoms with van der Waals surface area (Å²) in [5.41, 5.74) is -1.44. The van der Waals surface area contributed by atoms with Gasteiger partial charge in [-0.05, 0) is 37.0 Å². The van der Waals surface area contributed by atoms with E-state index in [0.717, 1.165) is 28.8 Å². The minimum atomic E-state index is -4.74. The number of ether oxygens (including phenoxy) is 1. The number of benzene rings is 2. The lowest BCUT2D eigenvalue weighted by atomic mass is 10.0. The number of rotatable bonds is 10. The molecule has 36 heavy (non-hydrogen) atoms. The molecule has 0 saturated carbocycles. The SMILES string of the molecule is C[C@H](CCCOc1ccccc1Cn1c(C(F)(F)F)cnc1-c1ccc(C(F)(F)F)cc1)CC(=O)O. The second kappa shape index (κ2) is 11.0. The molecule has 1 aromatic heterocycles. The van der Waals surface area contributed by atoms with Gasteiger partial charge in [0.05, 0.1) is 24.9 Å². The zero-order valence-corrected chi connectivity index (χ0v) is 19.2. The lowest BCUT2D eigenvalue weighted by Crippen LogP contribution is -2.16. The highest BCUT2D eigenvalue weighted by molar-refractivity contribution is 5.66. The minimum absolute atomic E-state index is 0.0319. The number of aromatic nitrogens is 2. The summed E-state index contributed by atoms with van der Waals surface area (Å²) in [6, 6.07) is 10.3. The van der Waals surface area contributed by atoms with E-state index in [1.54, 1.807) is 24.3 Å². The summed E-state index contributed by atoms with van der Waals surface area (Å²) in [7, 11) is 0. The molecule has 0 saturated heterocycles. The molecule has 5 nitrogen and oxygen atoms in total. The molecule has 0 bridgehead atoms. The van der Waals surface area contributed by atoms with Crippen LogP contribution in [0, 0.1) is 5.92 Å². The Bertz CT molecular complexity index is 1170. The summed E-state index contributed by atoms with van der Waals surface area (Å²) in [6.07, 6.45) is -7.48.